The number of alkyl halides is 3. The number of anilines is 1. The summed E-state index contributed by atoms with van der Waals surface area (Å²) in [7, 11) is 0. The van der Waals surface area contributed by atoms with E-state index >= 15 is 0 Å². The summed E-state index contributed by atoms with van der Waals surface area (Å²) in [5, 5.41) is 5.17. The van der Waals surface area contributed by atoms with E-state index in [-0.39, 0.29) is 12.3 Å². The molecule has 1 heterocycles. The third kappa shape index (κ3) is 10.4. The number of carbonyl (C=O) groups excluding carboxylic acids is 1. The Morgan fingerprint density at radius 3 is 2.07 bits per heavy atom. The summed E-state index contributed by atoms with van der Waals surface area (Å²) in [5.74, 6) is 0.526. The van der Waals surface area contributed by atoms with Gasteiger partial charge >= 0.3 is 6.18 Å². The molecule has 0 aliphatic heterocycles. The first-order valence-corrected chi connectivity index (χ1v) is 16.6. The monoisotopic (exact) mass is 619 g/mol. The van der Waals surface area contributed by atoms with Crippen molar-refractivity contribution < 1.29 is 18.0 Å². The van der Waals surface area contributed by atoms with Crippen LogP contribution in [0.2, 0.25) is 0 Å². The average Bonchev–Trinajstić information content (AvgIpc) is 3.62. The van der Waals surface area contributed by atoms with Crippen LogP contribution in [-0.2, 0) is 11.2 Å². The number of carbonyl (C=O) groups is 1. The van der Waals surface area contributed by atoms with Crippen molar-refractivity contribution in [2.24, 2.45) is 5.92 Å². The van der Waals surface area contributed by atoms with Crippen LogP contribution in [0, 0.1) is 5.92 Å². The molecule has 0 atom stereocenters. The van der Waals surface area contributed by atoms with E-state index in [1.807, 2.05) is 12.1 Å². The van der Waals surface area contributed by atoms with Crippen LogP contribution >= 0.6 is 36.6 Å². The topological polar surface area (TPSA) is 29.1 Å². The fourth-order valence-electron chi connectivity index (χ4n) is 5.59. The largest absolute Gasteiger partial charge is 0.389 e. The molecule has 0 spiro atoms. The minimum atomic E-state index is -4.02. The molecular weight excluding hydrogens is 580 g/mol. The van der Waals surface area contributed by atoms with E-state index < -0.39 is 12.6 Å². The van der Waals surface area contributed by atoms with Crippen molar-refractivity contribution in [2.45, 2.75) is 106 Å². The van der Waals surface area contributed by atoms with Crippen molar-refractivity contribution in [1.82, 2.24) is 0 Å². The third-order valence-corrected chi connectivity index (χ3v) is 9.59. The predicted molar refractivity (Wildman–Crippen MR) is 172 cm³/mol. The minimum absolute atomic E-state index is 0.0369. The first-order chi connectivity index (χ1) is 19.7. The second-order valence-electron chi connectivity index (χ2n) is 11.3. The normalized spacial score (nSPS) is 14.1. The predicted octanol–water partition coefficient (Wildman–Crippen LogP) is 11.4. The number of thiophene rings is 1. The Balaban J connectivity index is 1.24. The Morgan fingerprint density at radius 1 is 0.829 bits per heavy atom. The van der Waals surface area contributed by atoms with Gasteiger partial charge < -0.3 is 5.32 Å². The van der Waals surface area contributed by atoms with E-state index in [2.05, 4.69) is 66.3 Å². The zero-order chi connectivity index (χ0) is 29.2. The fourth-order valence-corrected chi connectivity index (χ4v) is 7.23. The van der Waals surface area contributed by atoms with Crippen LogP contribution < -0.4 is 5.32 Å². The summed E-state index contributed by atoms with van der Waals surface area (Å²) < 4.78 is 36.6. The van der Waals surface area contributed by atoms with Crippen LogP contribution in [0.25, 0.3) is 21.6 Å². The van der Waals surface area contributed by atoms with Gasteiger partial charge in [-0.05, 0) is 83.9 Å². The second kappa shape index (κ2) is 15.5. The van der Waals surface area contributed by atoms with Crippen molar-refractivity contribution in [3.63, 3.8) is 0 Å². The van der Waals surface area contributed by atoms with Crippen molar-refractivity contribution in [2.75, 3.05) is 5.32 Å². The molecule has 1 amide bonds. The van der Waals surface area contributed by atoms with E-state index in [1.165, 1.54) is 28.8 Å². The highest BCUT2D eigenvalue weighted by Gasteiger charge is 2.25. The van der Waals surface area contributed by atoms with Crippen LogP contribution in [0.15, 0.2) is 57.6 Å². The Labute approximate surface area is 257 Å². The summed E-state index contributed by atoms with van der Waals surface area (Å²) >= 11 is 11.0. The molecule has 41 heavy (non-hydrogen) atoms. The number of nitrogens with one attached hydrogen (secondary N) is 1. The molecule has 0 radical (unpaired) electrons. The molecule has 222 valence electrons. The van der Waals surface area contributed by atoms with E-state index in [4.69, 9.17) is 0 Å². The number of hydrogen-bond donors (Lipinski definition) is 3. The lowest BCUT2D eigenvalue weighted by Crippen LogP contribution is -2.16. The molecule has 1 saturated carbocycles. The van der Waals surface area contributed by atoms with E-state index in [1.54, 1.807) is 11.3 Å². The van der Waals surface area contributed by atoms with Gasteiger partial charge in [-0.2, -0.15) is 13.2 Å². The number of halogens is 3. The number of hydrogen-bond acceptors (Lipinski definition) is 4. The smallest absolute Gasteiger partial charge is 0.324 e. The molecule has 2 aromatic carbocycles. The SMILES string of the molecule is O=C(CC1CCCC1)Nc1c(S)cc(-c2csc(-c3ccc(CCCCCCCCCC(F)(F)F)cc3)c2)cc1S. The summed E-state index contributed by atoms with van der Waals surface area (Å²) in [4.78, 5) is 15.2. The van der Waals surface area contributed by atoms with Crippen LogP contribution in [0.5, 0.6) is 0 Å². The lowest BCUT2D eigenvalue weighted by molar-refractivity contribution is -0.135. The van der Waals surface area contributed by atoms with Gasteiger partial charge in [-0.3, -0.25) is 4.79 Å². The quantitative estimate of drug-likeness (QED) is 0.122. The van der Waals surface area contributed by atoms with Gasteiger partial charge in [0.25, 0.3) is 0 Å². The molecule has 3 aromatic rings. The molecule has 1 aromatic heterocycles. The van der Waals surface area contributed by atoms with Gasteiger partial charge in [0.15, 0.2) is 0 Å². The number of unbranched alkanes of at least 4 members (excludes halogenated alkanes) is 6. The van der Waals surface area contributed by atoms with E-state index in [0.717, 1.165) is 62.5 Å². The van der Waals surface area contributed by atoms with Gasteiger partial charge in [0.2, 0.25) is 5.91 Å². The summed E-state index contributed by atoms with van der Waals surface area (Å²) in [6.07, 6.45) is 7.73. The molecule has 2 nitrogen and oxygen atoms in total. The standard InChI is InChI=1S/C33H40F3NOS3/c34-33(35,36)17-9-5-3-1-2-4-6-10-23-13-15-25(16-14-23)30-21-27(22-41-30)26-19-28(39)32(29(40)20-26)37-31(38)18-24-11-7-8-12-24/h13-16,19-22,24,39-40H,1-12,17-18H2,(H,37,38). The summed E-state index contributed by atoms with van der Waals surface area (Å²) in [5.41, 5.74) is 5.28. The average molecular weight is 620 g/mol. The van der Waals surface area contributed by atoms with Gasteiger partial charge in [-0.25, -0.2) is 0 Å². The molecule has 1 aliphatic rings. The summed E-state index contributed by atoms with van der Waals surface area (Å²) in [6.45, 7) is 0. The fraction of sp³-hybridized carbons (Fsp3) is 0.485. The molecule has 1 fully saturated rings. The highest BCUT2D eigenvalue weighted by molar-refractivity contribution is 7.81. The van der Waals surface area contributed by atoms with Crippen LogP contribution in [0.4, 0.5) is 18.9 Å². The Hall–Kier alpha value is -1.90. The van der Waals surface area contributed by atoms with Gasteiger partial charge in [-0.1, -0.05) is 69.2 Å². The van der Waals surface area contributed by atoms with Crippen LogP contribution in [-0.4, -0.2) is 12.1 Å². The molecule has 4 rings (SSSR count). The number of amides is 1. The Morgan fingerprint density at radius 2 is 1.44 bits per heavy atom. The number of aryl methyl sites for hydroxylation is 1. The van der Waals surface area contributed by atoms with Gasteiger partial charge in [-0.15, -0.1) is 36.6 Å². The summed E-state index contributed by atoms with van der Waals surface area (Å²) in [6, 6.07) is 14.9. The molecule has 1 aliphatic carbocycles. The van der Waals surface area contributed by atoms with Crippen molar-refractivity contribution in [3.8, 4) is 21.6 Å². The first kappa shape index (κ1) is 32.0. The first-order valence-electron chi connectivity index (χ1n) is 14.8. The highest BCUT2D eigenvalue weighted by atomic mass is 32.1. The van der Waals surface area contributed by atoms with Crippen LogP contribution in [0.3, 0.4) is 0 Å². The lowest BCUT2D eigenvalue weighted by atomic mass is 10.0. The van der Waals surface area contributed by atoms with E-state index in [0.29, 0.717) is 34.2 Å². The van der Waals surface area contributed by atoms with Gasteiger partial charge in [0.05, 0.1) is 5.69 Å². The zero-order valence-electron chi connectivity index (χ0n) is 23.4. The molecule has 0 unspecified atom stereocenters. The Kier molecular flexibility index (Phi) is 12.1. The van der Waals surface area contributed by atoms with E-state index in [9.17, 15) is 18.0 Å². The lowest BCUT2D eigenvalue weighted by Gasteiger charge is -2.14. The molecule has 0 saturated heterocycles. The maximum atomic E-state index is 12.6. The maximum absolute atomic E-state index is 12.6. The maximum Gasteiger partial charge on any atom is 0.389 e. The highest BCUT2D eigenvalue weighted by Crippen LogP contribution is 2.38. The second-order valence-corrected chi connectivity index (χ2v) is 13.2. The molecular formula is C33H40F3NOS3. The third-order valence-electron chi connectivity index (χ3n) is 7.91. The minimum Gasteiger partial charge on any atom is -0.324 e. The molecule has 1 N–H and O–H groups in total. The molecule has 0 bridgehead atoms. The zero-order valence-corrected chi connectivity index (χ0v) is 26.0. The van der Waals surface area contributed by atoms with Crippen LogP contribution in [0.1, 0.15) is 89.0 Å². The van der Waals surface area contributed by atoms with Crippen molar-refractivity contribution >= 4 is 48.2 Å². The van der Waals surface area contributed by atoms with Crippen molar-refractivity contribution in [3.05, 3.63) is 53.4 Å². The number of benzene rings is 2. The molecule has 8 heteroatoms. The van der Waals surface area contributed by atoms with Gasteiger partial charge in [0.1, 0.15) is 0 Å². The van der Waals surface area contributed by atoms with Gasteiger partial charge in [0, 0.05) is 27.5 Å². The number of thiol groups is 2. The van der Waals surface area contributed by atoms with Crippen molar-refractivity contribution in [1.29, 1.82) is 0 Å². The Bertz CT molecular complexity index is 1240. The number of rotatable bonds is 14.